The molecule has 0 saturated heterocycles. The molecular weight excluding hydrogens is 248 g/mol. The standard InChI is InChI=1S/C16H26N4/c1-12(2)19(4)9-5-6-10-20-13(3)18-15-11-14(17)7-8-16(15)20/h7-8,11-12H,5-6,9-10,17H2,1-4H3. The number of rotatable bonds is 6. The second-order valence-corrected chi connectivity index (χ2v) is 5.84. The molecule has 110 valence electrons. The molecule has 20 heavy (non-hydrogen) atoms. The SMILES string of the molecule is Cc1nc2cc(N)ccc2n1CCCCN(C)C(C)C. The summed E-state index contributed by atoms with van der Waals surface area (Å²) in [6.07, 6.45) is 2.39. The lowest BCUT2D eigenvalue weighted by Crippen LogP contribution is -2.27. The van der Waals surface area contributed by atoms with E-state index in [1.807, 2.05) is 12.1 Å². The Labute approximate surface area is 121 Å². The molecule has 0 saturated carbocycles. The van der Waals surface area contributed by atoms with Gasteiger partial charge >= 0.3 is 0 Å². The lowest BCUT2D eigenvalue weighted by Gasteiger charge is -2.20. The van der Waals surface area contributed by atoms with E-state index in [4.69, 9.17) is 5.73 Å². The van der Waals surface area contributed by atoms with E-state index in [-0.39, 0.29) is 0 Å². The number of hydrogen-bond acceptors (Lipinski definition) is 3. The van der Waals surface area contributed by atoms with Gasteiger partial charge < -0.3 is 15.2 Å². The third kappa shape index (κ3) is 3.31. The highest BCUT2D eigenvalue weighted by atomic mass is 15.1. The van der Waals surface area contributed by atoms with Crippen LogP contribution in [0.4, 0.5) is 5.69 Å². The van der Waals surface area contributed by atoms with Crippen molar-refractivity contribution in [2.24, 2.45) is 0 Å². The van der Waals surface area contributed by atoms with Gasteiger partial charge in [0.2, 0.25) is 0 Å². The number of unbranched alkanes of at least 4 members (excludes halogenated alkanes) is 1. The summed E-state index contributed by atoms with van der Waals surface area (Å²) in [5, 5.41) is 0. The second-order valence-electron chi connectivity index (χ2n) is 5.84. The van der Waals surface area contributed by atoms with E-state index < -0.39 is 0 Å². The summed E-state index contributed by atoms with van der Waals surface area (Å²) in [4.78, 5) is 6.98. The van der Waals surface area contributed by atoms with Crippen molar-refractivity contribution in [3.8, 4) is 0 Å². The topological polar surface area (TPSA) is 47.1 Å². The minimum atomic E-state index is 0.619. The fourth-order valence-electron chi connectivity index (χ4n) is 2.44. The Balaban J connectivity index is 1.98. The van der Waals surface area contributed by atoms with E-state index in [1.54, 1.807) is 0 Å². The Morgan fingerprint density at radius 1 is 1.30 bits per heavy atom. The zero-order valence-corrected chi connectivity index (χ0v) is 13.1. The van der Waals surface area contributed by atoms with E-state index in [0.717, 1.165) is 30.1 Å². The van der Waals surface area contributed by atoms with Gasteiger partial charge in [-0.05, 0) is 65.4 Å². The van der Waals surface area contributed by atoms with Crippen LogP contribution in [-0.2, 0) is 6.54 Å². The third-order valence-electron chi connectivity index (χ3n) is 3.99. The minimum Gasteiger partial charge on any atom is -0.399 e. The highest BCUT2D eigenvalue weighted by Gasteiger charge is 2.08. The van der Waals surface area contributed by atoms with E-state index >= 15 is 0 Å². The van der Waals surface area contributed by atoms with Crippen molar-refractivity contribution in [1.29, 1.82) is 0 Å². The Hall–Kier alpha value is -1.55. The van der Waals surface area contributed by atoms with Gasteiger partial charge in [-0.15, -0.1) is 0 Å². The number of nitrogen functional groups attached to an aromatic ring is 1. The first-order valence-corrected chi connectivity index (χ1v) is 7.41. The molecule has 0 amide bonds. The number of nitrogens with two attached hydrogens (primary N) is 1. The molecule has 0 spiro atoms. The first-order chi connectivity index (χ1) is 9.49. The van der Waals surface area contributed by atoms with Crippen LogP contribution < -0.4 is 5.73 Å². The van der Waals surface area contributed by atoms with Crippen LogP contribution in [0.5, 0.6) is 0 Å². The van der Waals surface area contributed by atoms with Gasteiger partial charge in [0.15, 0.2) is 0 Å². The summed E-state index contributed by atoms with van der Waals surface area (Å²) in [5.41, 5.74) is 8.78. The highest BCUT2D eigenvalue weighted by molar-refractivity contribution is 5.79. The van der Waals surface area contributed by atoms with Gasteiger partial charge in [0.1, 0.15) is 5.82 Å². The maximum Gasteiger partial charge on any atom is 0.106 e. The number of hydrogen-bond donors (Lipinski definition) is 1. The summed E-state index contributed by atoms with van der Waals surface area (Å²) in [6, 6.07) is 6.59. The largest absolute Gasteiger partial charge is 0.399 e. The predicted octanol–water partition coefficient (Wildman–Crippen LogP) is 3.05. The van der Waals surface area contributed by atoms with Crippen molar-refractivity contribution in [2.45, 2.75) is 46.2 Å². The molecule has 0 atom stereocenters. The van der Waals surface area contributed by atoms with Crippen LogP contribution in [0.2, 0.25) is 0 Å². The molecular formula is C16H26N4. The van der Waals surface area contributed by atoms with Crippen LogP contribution in [0.25, 0.3) is 11.0 Å². The van der Waals surface area contributed by atoms with Gasteiger partial charge in [-0.2, -0.15) is 0 Å². The van der Waals surface area contributed by atoms with Gasteiger partial charge in [0.05, 0.1) is 11.0 Å². The molecule has 0 unspecified atom stereocenters. The average molecular weight is 274 g/mol. The van der Waals surface area contributed by atoms with Crippen molar-refractivity contribution in [1.82, 2.24) is 14.5 Å². The molecule has 1 aromatic carbocycles. The zero-order valence-electron chi connectivity index (χ0n) is 13.1. The summed E-state index contributed by atoms with van der Waals surface area (Å²) < 4.78 is 2.30. The van der Waals surface area contributed by atoms with Gasteiger partial charge in [0, 0.05) is 18.3 Å². The molecule has 0 aliphatic heterocycles. The fraction of sp³-hybridized carbons (Fsp3) is 0.562. The van der Waals surface area contributed by atoms with E-state index in [2.05, 4.69) is 48.3 Å². The smallest absolute Gasteiger partial charge is 0.106 e. The number of aryl methyl sites for hydroxylation is 2. The van der Waals surface area contributed by atoms with Crippen LogP contribution in [0.3, 0.4) is 0 Å². The van der Waals surface area contributed by atoms with Crippen molar-refractivity contribution in [3.05, 3.63) is 24.0 Å². The molecule has 2 rings (SSSR count). The average Bonchev–Trinajstić information content (AvgIpc) is 2.69. The first kappa shape index (κ1) is 14.9. The van der Waals surface area contributed by atoms with Gasteiger partial charge in [-0.25, -0.2) is 4.98 Å². The summed E-state index contributed by atoms with van der Waals surface area (Å²) in [7, 11) is 2.19. The van der Waals surface area contributed by atoms with Gasteiger partial charge in [0.25, 0.3) is 0 Å². The second kappa shape index (κ2) is 6.27. The number of aromatic nitrogens is 2. The Kier molecular flexibility index (Phi) is 4.65. The van der Waals surface area contributed by atoms with Crippen LogP contribution in [-0.4, -0.2) is 34.1 Å². The Morgan fingerprint density at radius 3 is 2.75 bits per heavy atom. The van der Waals surface area contributed by atoms with E-state index in [0.29, 0.717) is 6.04 Å². The van der Waals surface area contributed by atoms with Crippen LogP contribution in [0.15, 0.2) is 18.2 Å². The number of anilines is 1. The molecule has 1 heterocycles. The van der Waals surface area contributed by atoms with E-state index in [1.165, 1.54) is 18.4 Å². The summed E-state index contributed by atoms with van der Waals surface area (Å²) in [5.74, 6) is 1.07. The molecule has 0 aliphatic carbocycles. The molecule has 1 aromatic heterocycles. The maximum absolute atomic E-state index is 5.81. The van der Waals surface area contributed by atoms with Crippen LogP contribution in [0, 0.1) is 6.92 Å². The molecule has 0 radical (unpaired) electrons. The monoisotopic (exact) mass is 274 g/mol. The van der Waals surface area contributed by atoms with Crippen LogP contribution in [0.1, 0.15) is 32.5 Å². The van der Waals surface area contributed by atoms with E-state index in [9.17, 15) is 0 Å². The number of benzene rings is 1. The maximum atomic E-state index is 5.81. The van der Waals surface area contributed by atoms with Gasteiger partial charge in [-0.1, -0.05) is 0 Å². The van der Waals surface area contributed by atoms with Crippen molar-refractivity contribution < 1.29 is 0 Å². The zero-order chi connectivity index (χ0) is 14.7. The fourth-order valence-corrected chi connectivity index (χ4v) is 2.44. The van der Waals surface area contributed by atoms with Gasteiger partial charge in [-0.3, -0.25) is 0 Å². The first-order valence-electron chi connectivity index (χ1n) is 7.41. The number of imidazole rings is 1. The lowest BCUT2D eigenvalue weighted by molar-refractivity contribution is 0.266. The summed E-state index contributed by atoms with van der Waals surface area (Å²) in [6.45, 7) is 8.71. The molecule has 2 N–H and O–H groups in total. The highest BCUT2D eigenvalue weighted by Crippen LogP contribution is 2.19. The molecule has 4 nitrogen and oxygen atoms in total. The number of nitrogens with zero attached hydrogens (tertiary/aromatic N) is 3. The Bertz CT molecular complexity index is 571. The van der Waals surface area contributed by atoms with Crippen molar-refractivity contribution >= 4 is 16.7 Å². The quantitative estimate of drug-likeness (QED) is 0.650. The minimum absolute atomic E-state index is 0.619. The van der Waals surface area contributed by atoms with Crippen molar-refractivity contribution in [2.75, 3.05) is 19.3 Å². The summed E-state index contributed by atoms with van der Waals surface area (Å²) >= 11 is 0. The molecule has 0 aliphatic rings. The normalized spacial score (nSPS) is 11.9. The predicted molar refractivity (Wildman–Crippen MR) is 85.9 cm³/mol. The Morgan fingerprint density at radius 2 is 2.05 bits per heavy atom. The van der Waals surface area contributed by atoms with Crippen molar-refractivity contribution in [3.63, 3.8) is 0 Å². The molecule has 4 heteroatoms. The third-order valence-corrected chi connectivity index (χ3v) is 3.99. The molecule has 0 bridgehead atoms. The molecule has 0 fully saturated rings. The lowest BCUT2D eigenvalue weighted by atomic mass is 10.2. The number of fused-ring (bicyclic) bond motifs is 1. The molecule has 2 aromatic rings. The van der Waals surface area contributed by atoms with Crippen LogP contribution >= 0.6 is 0 Å².